The van der Waals surface area contributed by atoms with E-state index in [0.717, 1.165) is 6.42 Å². The van der Waals surface area contributed by atoms with Crippen molar-refractivity contribution in [1.82, 2.24) is 5.32 Å². The second-order valence-corrected chi connectivity index (χ2v) is 5.39. The summed E-state index contributed by atoms with van der Waals surface area (Å²) in [6, 6.07) is 0. The van der Waals surface area contributed by atoms with Gasteiger partial charge in [0.15, 0.2) is 0 Å². The van der Waals surface area contributed by atoms with Crippen LogP contribution in [-0.2, 0) is 14.3 Å². The highest BCUT2D eigenvalue weighted by molar-refractivity contribution is 5.90. The molecule has 0 unspecified atom stereocenters. The smallest absolute Gasteiger partial charge is 0.331 e. The first kappa shape index (κ1) is 14.0. The van der Waals surface area contributed by atoms with E-state index >= 15 is 0 Å². The first-order valence-electron chi connectivity index (χ1n) is 6.32. The molecule has 98 valence electrons. The Hall–Kier alpha value is -1.06. The van der Waals surface area contributed by atoms with Gasteiger partial charge >= 0.3 is 5.97 Å². The van der Waals surface area contributed by atoms with E-state index < -0.39 is 5.54 Å². The Morgan fingerprint density at radius 1 is 1.47 bits per heavy atom. The zero-order valence-corrected chi connectivity index (χ0v) is 11.4. The number of carbonyl (C=O) groups is 2. The quantitative estimate of drug-likeness (QED) is 0.746. The molecule has 0 aromatic carbocycles. The van der Waals surface area contributed by atoms with Crippen LogP contribution < -0.4 is 5.32 Å². The molecule has 0 aromatic heterocycles. The van der Waals surface area contributed by atoms with Crippen LogP contribution in [0.25, 0.3) is 0 Å². The van der Waals surface area contributed by atoms with Crippen LogP contribution in [0.15, 0.2) is 0 Å². The summed E-state index contributed by atoms with van der Waals surface area (Å²) in [6.07, 6.45) is 0.919. The third-order valence-corrected chi connectivity index (χ3v) is 3.68. The second kappa shape index (κ2) is 5.07. The van der Waals surface area contributed by atoms with Crippen LogP contribution in [-0.4, -0.2) is 24.0 Å². The molecule has 0 aliphatic heterocycles. The van der Waals surface area contributed by atoms with Crippen molar-refractivity contribution in [2.45, 2.75) is 46.6 Å². The lowest BCUT2D eigenvalue weighted by molar-refractivity contribution is -0.155. The molecule has 0 heterocycles. The summed E-state index contributed by atoms with van der Waals surface area (Å²) in [6.45, 7) is 9.70. The molecule has 0 spiro atoms. The van der Waals surface area contributed by atoms with Gasteiger partial charge < -0.3 is 10.1 Å². The molecule has 0 radical (unpaired) electrons. The molecule has 1 amide bonds. The van der Waals surface area contributed by atoms with E-state index in [1.165, 1.54) is 0 Å². The summed E-state index contributed by atoms with van der Waals surface area (Å²) in [5, 5.41) is 2.86. The molecule has 3 atom stereocenters. The number of amides is 1. The van der Waals surface area contributed by atoms with Gasteiger partial charge in [0, 0.05) is 5.92 Å². The van der Waals surface area contributed by atoms with Crippen LogP contribution in [0.1, 0.15) is 41.0 Å². The summed E-state index contributed by atoms with van der Waals surface area (Å²) in [5.74, 6) is 0.133. The summed E-state index contributed by atoms with van der Waals surface area (Å²) in [7, 11) is 0. The van der Waals surface area contributed by atoms with Crippen LogP contribution in [0.2, 0.25) is 0 Å². The van der Waals surface area contributed by atoms with Crippen LogP contribution in [0.4, 0.5) is 0 Å². The van der Waals surface area contributed by atoms with Gasteiger partial charge in [0.25, 0.3) is 0 Å². The Labute approximate surface area is 103 Å². The number of rotatable bonds is 5. The summed E-state index contributed by atoms with van der Waals surface area (Å²) < 4.78 is 5.04. The maximum Gasteiger partial charge on any atom is 0.331 e. The molecule has 0 bridgehead atoms. The van der Waals surface area contributed by atoms with E-state index in [4.69, 9.17) is 4.74 Å². The van der Waals surface area contributed by atoms with Gasteiger partial charge in [-0.1, -0.05) is 20.8 Å². The Morgan fingerprint density at radius 2 is 2.00 bits per heavy atom. The van der Waals surface area contributed by atoms with Gasteiger partial charge in [0.2, 0.25) is 5.91 Å². The topological polar surface area (TPSA) is 55.4 Å². The van der Waals surface area contributed by atoms with Crippen molar-refractivity contribution >= 4 is 11.9 Å². The third kappa shape index (κ3) is 2.99. The third-order valence-electron chi connectivity index (χ3n) is 3.68. The summed E-state index contributed by atoms with van der Waals surface area (Å²) in [5.41, 5.74) is -0.921. The molecule has 0 aromatic rings. The predicted molar refractivity (Wildman–Crippen MR) is 65.3 cm³/mol. The lowest BCUT2D eigenvalue weighted by atomic mass is 9.88. The number of carbonyl (C=O) groups excluding carboxylic acids is 2. The van der Waals surface area contributed by atoms with E-state index in [0.29, 0.717) is 12.5 Å². The molecule has 1 aliphatic rings. The Morgan fingerprint density at radius 3 is 2.35 bits per heavy atom. The Balaban J connectivity index is 2.71. The van der Waals surface area contributed by atoms with Crippen LogP contribution in [0, 0.1) is 17.8 Å². The minimum absolute atomic E-state index is 0.000411. The molecule has 1 rings (SSSR count). The highest BCUT2D eigenvalue weighted by atomic mass is 16.5. The lowest BCUT2D eigenvalue weighted by Crippen LogP contribution is -2.57. The Kier molecular flexibility index (Phi) is 4.17. The molecule has 1 N–H and O–H groups in total. The van der Waals surface area contributed by atoms with Crippen molar-refractivity contribution in [3.8, 4) is 0 Å². The van der Waals surface area contributed by atoms with Gasteiger partial charge in [-0.3, -0.25) is 4.79 Å². The van der Waals surface area contributed by atoms with Crippen LogP contribution in [0.5, 0.6) is 0 Å². The molecule has 1 fully saturated rings. The average Bonchev–Trinajstić information content (AvgIpc) is 2.95. The van der Waals surface area contributed by atoms with E-state index in [2.05, 4.69) is 5.32 Å². The van der Waals surface area contributed by atoms with E-state index in [1.54, 1.807) is 13.8 Å². The fourth-order valence-corrected chi connectivity index (χ4v) is 1.75. The standard InChI is InChI=1S/C13H23NO3/c1-6-17-12(16)13(5,8(2)3)14-11(15)10-7-9(10)4/h8-10H,6-7H2,1-5H3,(H,14,15)/t9-,10+,13-/m1/s1. The summed E-state index contributed by atoms with van der Waals surface area (Å²) in [4.78, 5) is 23.9. The zero-order valence-electron chi connectivity index (χ0n) is 11.4. The van der Waals surface area contributed by atoms with Gasteiger partial charge in [0.1, 0.15) is 5.54 Å². The maximum atomic E-state index is 11.9. The normalized spacial score (nSPS) is 26.2. The number of ether oxygens (including phenoxy) is 1. The van der Waals surface area contributed by atoms with Gasteiger partial charge in [-0.25, -0.2) is 4.79 Å². The zero-order chi connectivity index (χ0) is 13.2. The second-order valence-electron chi connectivity index (χ2n) is 5.39. The number of esters is 1. The first-order chi connectivity index (χ1) is 7.82. The van der Waals surface area contributed by atoms with E-state index in [9.17, 15) is 9.59 Å². The first-order valence-corrected chi connectivity index (χ1v) is 6.32. The van der Waals surface area contributed by atoms with E-state index in [-0.39, 0.29) is 23.7 Å². The molecule has 1 aliphatic carbocycles. The molecule has 4 nitrogen and oxygen atoms in total. The Bertz CT molecular complexity index is 314. The molecule has 17 heavy (non-hydrogen) atoms. The van der Waals surface area contributed by atoms with Crippen LogP contribution in [0.3, 0.4) is 0 Å². The van der Waals surface area contributed by atoms with Crippen molar-refractivity contribution in [2.24, 2.45) is 17.8 Å². The highest BCUT2D eigenvalue weighted by Crippen LogP contribution is 2.38. The monoisotopic (exact) mass is 241 g/mol. The highest BCUT2D eigenvalue weighted by Gasteiger charge is 2.45. The molecular formula is C13H23NO3. The van der Waals surface area contributed by atoms with Gasteiger partial charge in [-0.15, -0.1) is 0 Å². The number of hydrogen-bond donors (Lipinski definition) is 1. The molecule has 0 saturated heterocycles. The summed E-state index contributed by atoms with van der Waals surface area (Å²) >= 11 is 0. The van der Waals surface area contributed by atoms with Crippen molar-refractivity contribution in [1.29, 1.82) is 0 Å². The van der Waals surface area contributed by atoms with Gasteiger partial charge in [-0.05, 0) is 32.1 Å². The predicted octanol–water partition coefficient (Wildman–Crippen LogP) is 1.74. The lowest BCUT2D eigenvalue weighted by Gasteiger charge is -2.32. The van der Waals surface area contributed by atoms with Crippen molar-refractivity contribution < 1.29 is 14.3 Å². The largest absolute Gasteiger partial charge is 0.464 e. The molecule has 1 saturated carbocycles. The average molecular weight is 241 g/mol. The van der Waals surface area contributed by atoms with Gasteiger partial charge in [-0.2, -0.15) is 0 Å². The fraction of sp³-hybridized carbons (Fsp3) is 0.846. The molecule has 4 heteroatoms. The van der Waals surface area contributed by atoms with Crippen molar-refractivity contribution in [2.75, 3.05) is 6.61 Å². The fourth-order valence-electron chi connectivity index (χ4n) is 1.75. The number of hydrogen-bond acceptors (Lipinski definition) is 3. The van der Waals surface area contributed by atoms with Crippen LogP contribution >= 0.6 is 0 Å². The minimum atomic E-state index is -0.921. The molecular weight excluding hydrogens is 218 g/mol. The van der Waals surface area contributed by atoms with E-state index in [1.807, 2.05) is 20.8 Å². The van der Waals surface area contributed by atoms with Crippen molar-refractivity contribution in [3.05, 3.63) is 0 Å². The SMILES string of the molecule is CCOC(=O)[C@](C)(NC(=O)[C@H]1C[C@H]1C)C(C)C. The minimum Gasteiger partial charge on any atom is -0.464 e. The van der Waals surface area contributed by atoms with Gasteiger partial charge in [0.05, 0.1) is 6.61 Å². The number of nitrogens with one attached hydrogen (secondary N) is 1. The maximum absolute atomic E-state index is 11.9. The van der Waals surface area contributed by atoms with Crippen molar-refractivity contribution in [3.63, 3.8) is 0 Å².